The molecule has 0 radical (unpaired) electrons. The first-order valence-corrected chi connectivity index (χ1v) is 23.4. The van der Waals surface area contributed by atoms with Crippen molar-refractivity contribution in [1.29, 1.82) is 0 Å². The third-order valence-electron chi connectivity index (χ3n) is 14.8. The second kappa shape index (κ2) is 14.3. The summed E-state index contributed by atoms with van der Waals surface area (Å²) in [5, 5.41) is 3.54. The van der Waals surface area contributed by atoms with Crippen LogP contribution in [0.3, 0.4) is 0 Å². The number of ether oxygens (including phenoxy) is 2. The lowest BCUT2D eigenvalue weighted by atomic mass is 9.80. The summed E-state index contributed by atoms with van der Waals surface area (Å²) in [6, 6.07) is 0. The van der Waals surface area contributed by atoms with Crippen LogP contribution in [-0.4, -0.2) is 69.3 Å². The first kappa shape index (κ1) is 33.2. The molecule has 0 aromatic heterocycles. The minimum Gasteiger partial charge on any atom is -0.378 e. The number of fused-ring (bicyclic) bond motifs is 12. The Bertz CT molecular complexity index is 1040. The van der Waals surface area contributed by atoms with Crippen LogP contribution in [0.1, 0.15) is 97.3 Å². The molecular formula is C38H60O3S4. The van der Waals surface area contributed by atoms with E-state index in [1.165, 1.54) is 95.0 Å². The maximum atomic E-state index is 11.6. The fraction of sp³-hybridized carbons (Fsp3) is 0.974. The average Bonchev–Trinajstić information content (AvgIpc) is 3.86. The molecule has 45 heavy (non-hydrogen) atoms. The first-order chi connectivity index (χ1) is 21.9. The summed E-state index contributed by atoms with van der Waals surface area (Å²) in [6.45, 7) is 6.25. The Morgan fingerprint density at radius 3 is 1.96 bits per heavy atom. The Morgan fingerprint density at radius 1 is 0.689 bits per heavy atom. The zero-order valence-electron chi connectivity index (χ0n) is 28.2. The zero-order chi connectivity index (χ0) is 30.7. The van der Waals surface area contributed by atoms with Crippen molar-refractivity contribution >= 4 is 52.2 Å². The predicted octanol–water partition coefficient (Wildman–Crippen LogP) is 9.32. The van der Waals surface area contributed by atoms with Crippen molar-refractivity contribution in [2.24, 2.45) is 65.1 Å². The van der Waals surface area contributed by atoms with Crippen LogP contribution in [0.5, 0.6) is 0 Å². The first-order valence-electron chi connectivity index (χ1n) is 19.1. The summed E-state index contributed by atoms with van der Waals surface area (Å²) in [5.41, 5.74) is 0. The van der Waals surface area contributed by atoms with Crippen molar-refractivity contribution in [3.63, 3.8) is 0 Å². The molecule has 6 bridgehead atoms. The van der Waals surface area contributed by atoms with Crippen molar-refractivity contribution in [1.82, 2.24) is 0 Å². The number of carbonyl (C=O) groups is 1. The molecule has 0 heterocycles. The fourth-order valence-electron chi connectivity index (χ4n) is 13.1. The van der Waals surface area contributed by atoms with Crippen LogP contribution in [0.4, 0.5) is 0 Å². The van der Waals surface area contributed by atoms with Crippen LogP contribution in [0.25, 0.3) is 0 Å². The minimum atomic E-state index is 0.309. The topological polar surface area (TPSA) is 35.5 Å². The second-order valence-corrected chi connectivity index (χ2v) is 22.3. The van der Waals surface area contributed by atoms with Gasteiger partial charge in [-0.05, 0) is 166 Å². The standard InChI is InChI=1S/C38H60O3S4/c1-21(43-8-4-6-40-37-16-25-14-34(37)32-20-27(19-30(25)32)45-22(2)39)28-10-23-11-35(28)38(12-23)44-9-5-7-41-36-15-24-13-33(36)31-18-26(42-3)17-29(24)31/h21,23-38H,4-20H2,1-3H3. The van der Waals surface area contributed by atoms with Crippen LogP contribution >= 0.6 is 47.0 Å². The van der Waals surface area contributed by atoms with E-state index in [0.717, 1.165) is 94.1 Å². The zero-order valence-corrected chi connectivity index (χ0v) is 31.5. The highest BCUT2D eigenvalue weighted by Gasteiger charge is 2.57. The lowest BCUT2D eigenvalue weighted by Gasteiger charge is -2.33. The number of carbonyl (C=O) groups excluding carboxylic acids is 1. The maximum Gasteiger partial charge on any atom is 0.186 e. The van der Waals surface area contributed by atoms with Gasteiger partial charge in [-0.3, -0.25) is 4.79 Å². The number of thioether (sulfide) groups is 4. The van der Waals surface area contributed by atoms with Gasteiger partial charge in [-0.15, -0.1) is 0 Å². The summed E-state index contributed by atoms with van der Waals surface area (Å²) >= 11 is 8.31. The van der Waals surface area contributed by atoms with Crippen molar-refractivity contribution in [2.75, 3.05) is 31.0 Å². The van der Waals surface area contributed by atoms with Gasteiger partial charge in [0.15, 0.2) is 5.12 Å². The summed E-state index contributed by atoms with van der Waals surface area (Å²) < 4.78 is 13.2. The molecule has 7 heteroatoms. The summed E-state index contributed by atoms with van der Waals surface area (Å²) in [4.78, 5) is 11.6. The third-order valence-corrected chi connectivity index (χ3v) is 19.7. The van der Waals surface area contributed by atoms with E-state index in [-0.39, 0.29) is 0 Å². The summed E-state index contributed by atoms with van der Waals surface area (Å²) in [7, 11) is 0. The molecule has 0 aliphatic heterocycles. The molecule has 0 amide bonds. The molecule has 8 aliphatic carbocycles. The normalized spacial score (nSPS) is 49.3. The number of hydrogen-bond acceptors (Lipinski definition) is 7. The Labute approximate surface area is 291 Å². The molecule has 0 spiro atoms. The van der Waals surface area contributed by atoms with Gasteiger partial charge in [0.2, 0.25) is 0 Å². The van der Waals surface area contributed by atoms with Gasteiger partial charge in [-0.25, -0.2) is 0 Å². The molecule has 8 saturated carbocycles. The second-order valence-electron chi connectivity index (χ2n) is 16.9. The molecule has 8 aliphatic rings. The van der Waals surface area contributed by atoms with Gasteiger partial charge in [0.25, 0.3) is 0 Å². The monoisotopic (exact) mass is 692 g/mol. The molecule has 8 rings (SSSR count). The van der Waals surface area contributed by atoms with E-state index >= 15 is 0 Å². The lowest BCUT2D eigenvalue weighted by molar-refractivity contribution is -0.109. The van der Waals surface area contributed by atoms with Gasteiger partial charge in [-0.2, -0.15) is 35.3 Å². The molecule has 17 atom stereocenters. The van der Waals surface area contributed by atoms with Gasteiger partial charge >= 0.3 is 0 Å². The fourth-order valence-corrected chi connectivity index (χ4v) is 17.8. The summed E-state index contributed by atoms with van der Waals surface area (Å²) in [6.07, 6.45) is 21.5. The summed E-state index contributed by atoms with van der Waals surface area (Å²) in [5.74, 6) is 12.8. The van der Waals surface area contributed by atoms with Crippen LogP contribution in [0.15, 0.2) is 0 Å². The van der Waals surface area contributed by atoms with Gasteiger partial charge < -0.3 is 9.47 Å². The molecule has 3 nitrogen and oxygen atoms in total. The van der Waals surface area contributed by atoms with Gasteiger partial charge in [0.05, 0.1) is 12.2 Å². The highest BCUT2D eigenvalue weighted by molar-refractivity contribution is 8.14. The van der Waals surface area contributed by atoms with Crippen molar-refractivity contribution in [3.8, 4) is 0 Å². The highest BCUT2D eigenvalue weighted by Crippen LogP contribution is 2.62. The van der Waals surface area contributed by atoms with Crippen molar-refractivity contribution < 1.29 is 14.3 Å². The quantitative estimate of drug-likeness (QED) is 0.158. The molecule has 254 valence electrons. The Hall–Kier alpha value is 0.990. The molecule has 0 aromatic rings. The van der Waals surface area contributed by atoms with Gasteiger partial charge in [0, 0.05) is 41.1 Å². The molecule has 17 unspecified atom stereocenters. The Balaban J connectivity index is 0.697. The van der Waals surface area contributed by atoms with Gasteiger partial charge in [-0.1, -0.05) is 18.7 Å². The smallest absolute Gasteiger partial charge is 0.186 e. The lowest BCUT2D eigenvalue weighted by Crippen LogP contribution is -2.31. The van der Waals surface area contributed by atoms with Crippen LogP contribution in [-0.2, 0) is 14.3 Å². The van der Waals surface area contributed by atoms with E-state index in [1.807, 2.05) is 0 Å². The van der Waals surface area contributed by atoms with E-state index in [9.17, 15) is 4.79 Å². The molecule has 8 fully saturated rings. The SMILES string of the molecule is CSC1CC2C3CC(OCCCSC4CC5CC(C(C)SCCCOC6CC7CC6C6CC(SC(C)=O)CC76)C4C5)C(C3)C2C1. The van der Waals surface area contributed by atoms with Crippen LogP contribution in [0, 0.1) is 65.1 Å². The van der Waals surface area contributed by atoms with E-state index in [4.69, 9.17) is 9.47 Å². The number of rotatable bonds is 15. The Kier molecular flexibility index (Phi) is 10.5. The van der Waals surface area contributed by atoms with Crippen LogP contribution < -0.4 is 0 Å². The van der Waals surface area contributed by atoms with Crippen molar-refractivity contribution in [3.05, 3.63) is 0 Å². The molecule has 0 N–H and O–H groups in total. The van der Waals surface area contributed by atoms with E-state index in [1.54, 1.807) is 18.7 Å². The van der Waals surface area contributed by atoms with E-state index < -0.39 is 0 Å². The molecule has 0 saturated heterocycles. The van der Waals surface area contributed by atoms with Crippen molar-refractivity contribution in [2.45, 2.75) is 131 Å². The third kappa shape index (κ3) is 6.75. The molecular weight excluding hydrogens is 633 g/mol. The average molecular weight is 693 g/mol. The van der Waals surface area contributed by atoms with Gasteiger partial charge in [0.1, 0.15) is 0 Å². The minimum absolute atomic E-state index is 0.309. The maximum absolute atomic E-state index is 11.6. The Morgan fingerprint density at radius 2 is 1.31 bits per heavy atom. The largest absolute Gasteiger partial charge is 0.378 e. The van der Waals surface area contributed by atoms with Crippen LogP contribution in [0.2, 0.25) is 0 Å². The number of hydrogen-bond donors (Lipinski definition) is 0. The highest BCUT2D eigenvalue weighted by atomic mass is 32.2. The molecule has 0 aromatic carbocycles. The van der Waals surface area contributed by atoms with E-state index in [2.05, 4.69) is 48.5 Å². The van der Waals surface area contributed by atoms with E-state index in [0.29, 0.717) is 22.6 Å². The predicted molar refractivity (Wildman–Crippen MR) is 195 cm³/mol.